The Balaban J connectivity index is 1.86. The Morgan fingerprint density at radius 1 is 1.21 bits per heavy atom. The van der Waals surface area contributed by atoms with Gasteiger partial charge in [0.1, 0.15) is 25.6 Å². The Labute approximate surface area is 140 Å². The van der Waals surface area contributed by atoms with E-state index in [4.69, 9.17) is 14.3 Å². The Kier molecular flexibility index (Phi) is 4.65. The topological polar surface area (TPSA) is 72.6 Å². The molecular weight excluding hydrogens is 305 g/mol. The average molecular weight is 321 g/mol. The van der Waals surface area contributed by atoms with Crippen LogP contribution in [0.15, 0.2) is 59.2 Å². The number of rotatable bonds is 6. The number of carboxylic acid groups (broad SMARTS) is 1. The van der Waals surface area contributed by atoms with Gasteiger partial charge in [0.2, 0.25) is 0 Å². The number of aliphatic carboxylic acids is 1. The normalized spacial score (nSPS) is 10.5. The van der Waals surface area contributed by atoms with Gasteiger partial charge in [-0.1, -0.05) is 47.9 Å². The first-order valence-electron chi connectivity index (χ1n) is 7.56. The van der Waals surface area contributed by atoms with Gasteiger partial charge in [-0.2, -0.15) is 0 Å². The third kappa shape index (κ3) is 3.84. The summed E-state index contributed by atoms with van der Waals surface area (Å²) in [5.74, 6) is 0.0518. The lowest BCUT2D eigenvalue weighted by Gasteiger charge is -2.09. The van der Waals surface area contributed by atoms with Gasteiger partial charge in [-0.05, 0) is 11.6 Å². The highest BCUT2D eigenvalue weighted by Gasteiger charge is 2.13. The number of carbonyl (C=O) groups is 1. The minimum Gasteiger partial charge on any atom is -0.481 e. The molecule has 120 valence electrons. The lowest BCUT2D eigenvalue weighted by molar-refractivity contribution is -0.139. The van der Waals surface area contributed by atoms with Crippen LogP contribution in [0.5, 0.6) is 5.75 Å². The molecule has 0 aliphatic heterocycles. The van der Waals surface area contributed by atoms with E-state index in [1.165, 1.54) is 0 Å². The van der Waals surface area contributed by atoms with Crippen LogP contribution in [0.1, 0.15) is 11.5 Å². The van der Waals surface area contributed by atoms with Gasteiger partial charge in [-0.25, -0.2) is 9.78 Å². The number of hydrogen-bond donors (Lipinski definition) is 1. The fourth-order valence-corrected chi connectivity index (χ4v) is 2.40. The first-order chi connectivity index (χ1) is 11.6. The van der Waals surface area contributed by atoms with Gasteiger partial charge in [-0.3, -0.25) is 0 Å². The molecule has 0 atom stereocenters. The zero-order valence-corrected chi connectivity index (χ0v) is 13.2. The van der Waals surface area contributed by atoms with Crippen LogP contribution in [-0.4, -0.2) is 30.5 Å². The lowest BCUT2D eigenvalue weighted by Crippen LogP contribution is -2.11. The van der Waals surface area contributed by atoms with Gasteiger partial charge >= 0.3 is 5.97 Å². The Morgan fingerprint density at radius 2 is 2.00 bits per heavy atom. The number of aromatic nitrogens is 1. The van der Waals surface area contributed by atoms with Gasteiger partial charge in [0, 0.05) is 12.0 Å². The third-order valence-corrected chi connectivity index (χ3v) is 3.51. The van der Waals surface area contributed by atoms with E-state index in [2.05, 4.69) is 4.98 Å². The molecule has 5 nitrogen and oxygen atoms in total. The molecule has 1 heterocycles. The predicted molar refractivity (Wildman–Crippen MR) is 92.5 cm³/mol. The molecule has 0 fully saturated rings. The van der Waals surface area contributed by atoms with E-state index in [-0.39, 0.29) is 0 Å². The van der Waals surface area contributed by atoms with Crippen LogP contribution in [-0.2, 0) is 11.2 Å². The number of ether oxygens (including phenoxy) is 1. The Bertz CT molecular complexity index is 845. The van der Waals surface area contributed by atoms with Crippen molar-refractivity contribution in [2.45, 2.75) is 6.42 Å². The maximum absolute atomic E-state index is 10.7. The standard InChI is InChI=1S/C18H16BNO4/c19-13-6-7-16(23-11-18(21)22)14(9-13)15-10-24-17(20-15)8-12-4-2-1-3-5-12/h1-7,9-10H,8,11,19H2,(H,21,22). The molecule has 0 saturated carbocycles. The highest BCUT2D eigenvalue weighted by molar-refractivity contribution is 6.32. The van der Waals surface area contributed by atoms with Gasteiger partial charge in [0.25, 0.3) is 0 Å². The van der Waals surface area contributed by atoms with Crippen molar-refractivity contribution in [2.75, 3.05) is 6.61 Å². The van der Waals surface area contributed by atoms with Crippen LogP contribution < -0.4 is 10.2 Å². The Morgan fingerprint density at radius 3 is 2.75 bits per heavy atom. The molecule has 0 unspecified atom stereocenters. The number of hydrogen-bond acceptors (Lipinski definition) is 4. The summed E-state index contributed by atoms with van der Waals surface area (Å²) in [5, 5.41) is 8.80. The fourth-order valence-electron chi connectivity index (χ4n) is 2.40. The molecule has 0 bridgehead atoms. The van der Waals surface area contributed by atoms with E-state index in [1.807, 2.05) is 50.3 Å². The zero-order chi connectivity index (χ0) is 16.9. The highest BCUT2D eigenvalue weighted by atomic mass is 16.5. The van der Waals surface area contributed by atoms with E-state index in [1.54, 1.807) is 12.3 Å². The summed E-state index contributed by atoms with van der Waals surface area (Å²) >= 11 is 0. The van der Waals surface area contributed by atoms with Gasteiger partial charge in [0.05, 0.1) is 0 Å². The second-order valence-corrected chi connectivity index (χ2v) is 5.47. The number of carboxylic acids is 1. The molecule has 1 N–H and O–H groups in total. The molecule has 6 heteroatoms. The molecule has 0 aliphatic rings. The quantitative estimate of drug-likeness (QED) is 0.699. The molecule has 2 aromatic carbocycles. The second-order valence-electron chi connectivity index (χ2n) is 5.47. The van der Waals surface area contributed by atoms with Crippen molar-refractivity contribution in [1.82, 2.24) is 4.98 Å². The van der Waals surface area contributed by atoms with Crippen LogP contribution in [0.4, 0.5) is 0 Å². The van der Waals surface area contributed by atoms with Crippen molar-refractivity contribution in [3.63, 3.8) is 0 Å². The molecule has 1 aromatic heterocycles. The number of nitrogens with zero attached hydrogens (tertiary/aromatic N) is 1. The maximum Gasteiger partial charge on any atom is 0.341 e. The van der Waals surface area contributed by atoms with Crippen molar-refractivity contribution in [1.29, 1.82) is 0 Å². The summed E-state index contributed by atoms with van der Waals surface area (Å²) in [4.78, 5) is 15.2. The monoisotopic (exact) mass is 321 g/mol. The molecule has 0 saturated heterocycles. The summed E-state index contributed by atoms with van der Waals surface area (Å²) < 4.78 is 10.9. The molecule has 3 aromatic rings. The summed E-state index contributed by atoms with van der Waals surface area (Å²) in [6.45, 7) is -0.398. The van der Waals surface area contributed by atoms with E-state index >= 15 is 0 Å². The first-order valence-corrected chi connectivity index (χ1v) is 7.56. The molecule has 3 rings (SSSR count). The van der Waals surface area contributed by atoms with Crippen molar-refractivity contribution in [3.05, 3.63) is 66.2 Å². The molecule has 0 spiro atoms. The lowest BCUT2D eigenvalue weighted by atomic mass is 9.93. The average Bonchev–Trinajstić information content (AvgIpc) is 3.03. The van der Waals surface area contributed by atoms with Crippen LogP contribution >= 0.6 is 0 Å². The summed E-state index contributed by atoms with van der Waals surface area (Å²) in [7, 11) is 1.95. The van der Waals surface area contributed by atoms with Crippen molar-refractivity contribution >= 4 is 19.3 Å². The van der Waals surface area contributed by atoms with Crippen LogP contribution in [0, 0.1) is 0 Å². The summed E-state index contributed by atoms with van der Waals surface area (Å²) in [5.41, 5.74) is 3.49. The minimum absolute atomic E-state index is 0.398. The number of oxazole rings is 1. The molecule has 24 heavy (non-hydrogen) atoms. The van der Waals surface area contributed by atoms with Crippen molar-refractivity contribution < 1.29 is 19.1 Å². The van der Waals surface area contributed by atoms with E-state index in [0.29, 0.717) is 23.8 Å². The van der Waals surface area contributed by atoms with Gasteiger partial charge in [0.15, 0.2) is 12.5 Å². The minimum atomic E-state index is -1.02. The van der Waals surface area contributed by atoms with Crippen LogP contribution in [0.3, 0.4) is 0 Å². The number of benzene rings is 2. The zero-order valence-electron chi connectivity index (χ0n) is 13.2. The first kappa shape index (κ1) is 15.9. The van der Waals surface area contributed by atoms with E-state index < -0.39 is 12.6 Å². The van der Waals surface area contributed by atoms with Crippen LogP contribution in [0.25, 0.3) is 11.3 Å². The predicted octanol–water partition coefficient (Wildman–Crippen LogP) is 1.65. The highest BCUT2D eigenvalue weighted by Crippen LogP contribution is 2.28. The SMILES string of the molecule is Bc1ccc(OCC(=O)O)c(-c2coc(Cc3ccccc3)n2)c1. The van der Waals surface area contributed by atoms with E-state index in [9.17, 15) is 4.79 Å². The second kappa shape index (κ2) is 7.04. The summed E-state index contributed by atoms with van der Waals surface area (Å²) in [6, 6.07) is 15.4. The molecule has 0 aliphatic carbocycles. The molecule has 0 radical (unpaired) electrons. The third-order valence-electron chi connectivity index (χ3n) is 3.51. The van der Waals surface area contributed by atoms with E-state index in [0.717, 1.165) is 16.6 Å². The molecule has 0 amide bonds. The summed E-state index contributed by atoms with van der Waals surface area (Å²) in [6.07, 6.45) is 2.17. The molecular formula is C18H16BNO4. The van der Waals surface area contributed by atoms with Gasteiger partial charge in [-0.15, -0.1) is 0 Å². The maximum atomic E-state index is 10.7. The van der Waals surface area contributed by atoms with Gasteiger partial charge < -0.3 is 14.3 Å². The largest absolute Gasteiger partial charge is 0.481 e. The smallest absolute Gasteiger partial charge is 0.341 e. The van der Waals surface area contributed by atoms with Crippen molar-refractivity contribution in [2.24, 2.45) is 0 Å². The van der Waals surface area contributed by atoms with Crippen LogP contribution in [0.2, 0.25) is 0 Å². The van der Waals surface area contributed by atoms with Crippen molar-refractivity contribution in [3.8, 4) is 17.0 Å². The Hall–Kier alpha value is -3.02. The fraction of sp³-hybridized carbons (Fsp3) is 0.111.